The number of nitro benzene ring substituents is 1. The first-order valence-corrected chi connectivity index (χ1v) is 11.9. The Hall–Kier alpha value is -3.99. The molecular weight excluding hydrogens is 463 g/mol. The van der Waals surface area contributed by atoms with E-state index in [9.17, 15) is 27.7 Å². The van der Waals surface area contributed by atoms with E-state index in [1.807, 2.05) is 4.90 Å². The van der Waals surface area contributed by atoms with Crippen LogP contribution in [-0.2, 0) is 10.0 Å². The lowest BCUT2D eigenvalue weighted by molar-refractivity contribution is -0.384. The van der Waals surface area contributed by atoms with Crippen molar-refractivity contribution < 1.29 is 22.5 Å². The van der Waals surface area contributed by atoms with Gasteiger partial charge in [0.25, 0.3) is 21.6 Å². The Bertz CT molecular complexity index is 1320. The maximum atomic E-state index is 13.9. The average Bonchev–Trinajstić information content (AvgIpc) is 2.85. The predicted molar refractivity (Wildman–Crippen MR) is 125 cm³/mol. The van der Waals surface area contributed by atoms with E-state index in [1.165, 1.54) is 54.6 Å². The Kier molecular flexibility index (Phi) is 6.46. The fourth-order valence-corrected chi connectivity index (χ4v) is 4.79. The quantitative estimate of drug-likeness (QED) is 0.423. The van der Waals surface area contributed by atoms with Gasteiger partial charge in [0.05, 0.1) is 15.5 Å². The standard InChI is InChI=1S/C23H21FN4O5S/c24-21-6-1-2-7-22(21)25-34(32,33)20-5-3-4-17(16-20)23(29)27-14-12-26(13-15-27)18-8-10-19(11-9-18)28(30)31/h1-11,16,25H,12-15H2. The zero-order valence-corrected chi connectivity index (χ0v) is 18.7. The minimum atomic E-state index is -4.09. The number of piperazine rings is 1. The summed E-state index contributed by atoms with van der Waals surface area (Å²) in [6.07, 6.45) is 0. The molecule has 34 heavy (non-hydrogen) atoms. The van der Waals surface area contributed by atoms with E-state index in [1.54, 1.807) is 17.0 Å². The largest absolute Gasteiger partial charge is 0.368 e. The van der Waals surface area contributed by atoms with Gasteiger partial charge in [-0.15, -0.1) is 0 Å². The van der Waals surface area contributed by atoms with E-state index in [-0.39, 0.29) is 27.7 Å². The first-order valence-electron chi connectivity index (χ1n) is 10.4. The summed E-state index contributed by atoms with van der Waals surface area (Å²) in [4.78, 5) is 26.9. The second kappa shape index (κ2) is 9.48. The van der Waals surface area contributed by atoms with E-state index in [0.717, 1.165) is 11.8 Å². The first kappa shape index (κ1) is 23.2. The average molecular weight is 485 g/mol. The zero-order chi connectivity index (χ0) is 24.3. The summed E-state index contributed by atoms with van der Waals surface area (Å²) in [6.45, 7) is 1.85. The van der Waals surface area contributed by atoms with Crippen molar-refractivity contribution in [3.8, 4) is 0 Å². The summed E-state index contributed by atoms with van der Waals surface area (Å²) in [5.74, 6) is -1.02. The van der Waals surface area contributed by atoms with E-state index in [2.05, 4.69) is 4.72 Å². The molecule has 176 valence electrons. The molecule has 1 aliphatic rings. The number of hydrogen-bond donors (Lipinski definition) is 1. The number of sulfonamides is 1. The van der Waals surface area contributed by atoms with Crippen LogP contribution < -0.4 is 9.62 Å². The second-order valence-corrected chi connectivity index (χ2v) is 9.35. The van der Waals surface area contributed by atoms with Crippen LogP contribution in [0.1, 0.15) is 10.4 Å². The van der Waals surface area contributed by atoms with Crippen LogP contribution in [0, 0.1) is 15.9 Å². The lowest BCUT2D eigenvalue weighted by Crippen LogP contribution is -2.48. The molecule has 1 saturated heterocycles. The minimum absolute atomic E-state index is 0.0110. The van der Waals surface area contributed by atoms with Crippen LogP contribution in [0.5, 0.6) is 0 Å². The molecule has 0 saturated carbocycles. The Morgan fingerprint density at radius 2 is 1.62 bits per heavy atom. The molecule has 0 spiro atoms. The minimum Gasteiger partial charge on any atom is -0.368 e. The number of nitrogens with one attached hydrogen (secondary N) is 1. The number of rotatable bonds is 6. The molecular formula is C23H21FN4O5S. The molecule has 4 rings (SSSR count). The Labute approximate surface area is 195 Å². The van der Waals surface area contributed by atoms with Crippen LogP contribution >= 0.6 is 0 Å². The fraction of sp³-hybridized carbons (Fsp3) is 0.174. The number of non-ortho nitro benzene ring substituents is 1. The van der Waals surface area contributed by atoms with Crippen molar-refractivity contribution >= 4 is 33.0 Å². The van der Waals surface area contributed by atoms with Crippen LogP contribution in [0.25, 0.3) is 0 Å². The normalized spacial score (nSPS) is 14.0. The Balaban J connectivity index is 1.43. The van der Waals surface area contributed by atoms with Crippen molar-refractivity contribution in [3.05, 3.63) is 94.3 Å². The number of hydrogen-bond acceptors (Lipinski definition) is 6. The van der Waals surface area contributed by atoms with Crippen LogP contribution in [-0.4, -0.2) is 50.3 Å². The van der Waals surface area contributed by atoms with Gasteiger partial charge >= 0.3 is 0 Å². The molecule has 11 heteroatoms. The van der Waals surface area contributed by atoms with E-state index < -0.39 is 20.8 Å². The molecule has 1 amide bonds. The molecule has 0 aromatic heterocycles. The van der Waals surface area contributed by atoms with Crippen molar-refractivity contribution in [1.29, 1.82) is 0 Å². The van der Waals surface area contributed by atoms with E-state index in [0.29, 0.717) is 26.2 Å². The smallest absolute Gasteiger partial charge is 0.269 e. The molecule has 9 nitrogen and oxygen atoms in total. The molecule has 0 radical (unpaired) electrons. The van der Waals surface area contributed by atoms with Crippen LogP contribution in [0.15, 0.2) is 77.7 Å². The molecule has 1 aliphatic heterocycles. The fourth-order valence-electron chi connectivity index (χ4n) is 3.68. The molecule has 1 heterocycles. The van der Waals surface area contributed by atoms with E-state index in [4.69, 9.17) is 0 Å². The van der Waals surface area contributed by atoms with Crippen molar-refractivity contribution in [3.63, 3.8) is 0 Å². The van der Waals surface area contributed by atoms with Gasteiger partial charge in [0.2, 0.25) is 0 Å². The van der Waals surface area contributed by atoms with Crippen LogP contribution in [0.4, 0.5) is 21.5 Å². The summed E-state index contributed by atoms with van der Waals surface area (Å²) >= 11 is 0. The van der Waals surface area contributed by atoms with Gasteiger partial charge < -0.3 is 9.80 Å². The number of para-hydroxylation sites is 1. The van der Waals surface area contributed by atoms with Gasteiger partial charge in [-0.25, -0.2) is 12.8 Å². The molecule has 1 fully saturated rings. The molecule has 0 bridgehead atoms. The molecule has 3 aromatic carbocycles. The second-order valence-electron chi connectivity index (χ2n) is 7.67. The molecule has 1 N–H and O–H groups in total. The number of anilines is 2. The van der Waals surface area contributed by atoms with Gasteiger partial charge in [0, 0.05) is 49.6 Å². The number of nitro groups is 1. The number of amides is 1. The SMILES string of the molecule is O=C(c1cccc(S(=O)(=O)Nc2ccccc2F)c1)N1CCN(c2ccc([N+](=O)[O-])cc2)CC1. The summed E-state index contributed by atoms with van der Waals surface area (Å²) in [5, 5.41) is 10.8. The summed E-state index contributed by atoms with van der Waals surface area (Å²) in [6, 6.07) is 17.3. The van der Waals surface area contributed by atoms with Gasteiger partial charge in [0.15, 0.2) is 0 Å². The number of carbonyl (C=O) groups excluding carboxylic acids is 1. The third-order valence-electron chi connectivity index (χ3n) is 5.50. The predicted octanol–water partition coefficient (Wildman–Crippen LogP) is 3.50. The highest BCUT2D eigenvalue weighted by atomic mass is 32.2. The number of nitrogens with zero attached hydrogens (tertiary/aromatic N) is 3. The highest BCUT2D eigenvalue weighted by molar-refractivity contribution is 7.92. The number of halogens is 1. The third kappa shape index (κ3) is 4.99. The molecule has 3 aromatic rings. The lowest BCUT2D eigenvalue weighted by atomic mass is 10.1. The number of benzene rings is 3. The molecule has 0 aliphatic carbocycles. The maximum absolute atomic E-state index is 13.9. The van der Waals surface area contributed by atoms with Crippen molar-refractivity contribution in [2.24, 2.45) is 0 Å². The monoisotopic (exact) mass is 484 g/mol. The highest BCUT2D eigenvalue weighted by Gasteiger charge is 2.24. The highest BCUT2D eigenvalue weighted by Crippen LogP contribution is 2.23. The first-order chi connectivity index (χ1) is 16.2. The van der Waals surface area contributed by atoms with Crippen LogP contribution in [0.3, 0.4) is 0 Å². The lowest BCUT2D eigenvalue weighted by Gasteiger charge is -2.36. The Morgan fingerprint density at radius 1 is 0.941 bits per heavy atom. The van der Waals surface area contributed by atoms with Crippen molar-refractivity contribution in [2.45, 2.75) is 4.90 Å². The maximum Gasteiger partial charge on any atom is 0.269 e. The van der Waals surface area contributed by atoms with Gasteiger partial charge in [0.1, 0.15) is 5.82 Å². The molecule has 0 atom stereocenters. The van der Waals surface area contributed by atoms with Crippen molar-refractivity contribution in [1.82, 2.24) is 4.90 Å². The van der Waals surface area contributed by atoms with E-state index >= 15 is 0 Å². The summed E-state index contributed by atoms with van der Waals surface area (Å²) < 4.78 is 41.5. The summed E-state index contributed by atoms with van der Waals surface area (Å²) in [5.41, 5.74) is 0.865. The van der Waals surface area contributed by atoms with Crippen LogP contribution in [0.2, 0.25) is 0 Å². The summed E-state index contributed by atoms with van der Waals surface area (Å²) in [7, 11) is -4.09. The van der Waals surface area contributed by atoms with Gasteiger partial charge in [-0.2, -0.15) is 0 Å². The topological polar surface area (TPSA) is 113 Å². The zero-order valence-electron chi connectivity index (χ0n) is 17.9. The van der Waals surface area contributed by atoms with Crippen molar-refractivity contribution in [2.75, 3.05) is 35.8 Å². The van der Waals surface area contributed by atoms with Gasteiger partial charge in [-0.05, 0) is 42.5 Å². The number of carbonyl (C=O) groups is 1. The van der Waals surface area contributed by atoms with Gasteiger partial charge in [-0.1, -0.05) is 18.2 Å². The Morgan fingerprint density at radius 3 is 2.26 bits per heavy atom. The van der Waals surface area contributed by atoms with Gasteiger partial charge in [-0.3, -0.25) is 19.6 Å². The third-order valence-corrected chi connectivity index (χ3v) is 6.87. The molecule has 0 unspecified atom stereocenters.